The molecule has 0 spiro atoms. The molecule has 3 atom stereocenters. The van der Waals surface area contributed by atoms with Gasteiger partial charge in [0.2, 0.25) is 5.91 Å². The third kappa shape index (κ3) is 4.06. The zero-order valence-electron chi connectivity index (χ0n) is 14.0. The van der Waals surface area contributed by atoms with E-state index in [-0.39, 0.29) is 18.3 Å². The molecule has 0 aromatic heterocycles. The quantitative estimate of drug-likeness (QED) is 0.888. The number of benzene rings is 1. The van der Waals surface area contributed by atoms with E-state index in [0.29, 0.717) is 30.3 Å². The fourth-order valence-electron chi connectivity index (χ4n) is 4.04. The van der Waals surface area contributed by atoms with Crippen LogP contribution < -0.4 is 11.1 Å². The number of likely N-dealkylation sites (tertiary alicyclic amines) is 1. The van der Waals surface area contributed by atoms with Gasteiger partial charge >= 0.3 is 0 Å². The number of hydrogen-bond donors (Lipinski definition) is 2. The van der Waals surface area contributed by atoms with Crippen LogP contribution in [0.2, 0.25) is 0 Å². The molecule has 2 aliphatic rings. The van der Waals surface area contributed by atoms with Gasteiger partial charge in [-0.15, -0.1) is 12.4 Å². The average Bonchev–Trinajstić information content (AvgIpc) is 3.01. The number of carbonyl (C=O) groups excluding carboxylic acids is 1. The van der Waals surface area contributed by atoms with Gasteiger partial charge in [-0.05, 0) is 42.2 Å². The van der Waals surface area contributed by atoms with E-state index in [2.05, 4.69) is 30.1 Å². The Bertz CT molecular complexity index is 549. The van der Waals surface area contributed by atoms with Gasteiger partial charge in [-0.1, -0.05) is 32.0 Å². The van der Waals surface area contributed by atoms with Crippen LogP contribution in [0.25, 0.3) is 0 Å². The number of halogens is 1. The number of fused-ring (bicyclic) bond motifs is 1. The molecule has 0 bridgehead atoms. The van der Waals surface area contributed by atoms with Crippen LogP contribution >= 0.6 is 12.4 Å². The van der Waals surface area contributed by atoms with Gasteiger partial charge in [0.25, 0.3) is 0 Å². The van der Waals surface area contributed by atoms with Gasteiger partial charge < -0.3 is 11.1 Å². The van der Waals surface area contributed by atoms with Crippen LogP contribution in [0.1, 0.15) is 38.2 Å². The topological polar surface area (TPSA) is 58.4 Å². The van der Waals surface area contributed by atoms with E-state index in [1.54, 1.807) is 0 Å². The Kier molecular flexibility index (Phi) is 6.06. The molecule has 3 unspecified atom stereocenters. The Morgan fingerprint density at radius 3 is 2.74 bits per heavy atom. The number of hydrogen-bond acceptors (Lipinski definition) is 3. The summed E-state index contributed by atoms with van der Waals surface area (Å²) < 4.78 is 0. The van der Waals surface area contributed by atoms with Crippen molar-refractivity contribution in [2.75, 3.05) is 25.0 Å². The molecule has 1 saturated carbocycles. The highest BCUT2D eigenvalue weighted by molar-refractivity contribution is 5.93. The van der Waals surface area contributed by atoms with E-state index in [0.717, 1.165) is 25.2 Å². The lowest BCUT2D eigenvalue weighted by Gasteiger charge is -2.19. The Morgan fingerprint density at radius 2 is 2.04 bits per heavy atom. The molecule has 1 heterocycles. The Morgan fingerprint density at radius 1 is 1.30 bits per heavy atom. The molecule has 1 aliphatic carbocycles. The van der Waals surface area contributed by atoms with Crippen molar-refractivity contribution in [3.8, 4) is 0 Å². The van der Waals surface area contributed by atoms with Crippen molar-refractivity contribution in [1.29, 1.82) is 0 Å². The SMILES string of the molecule is CC(C)c1ccccc1NC(=O)CN1CC2CCC(N)C2C1.Cl. The molecule has 128 valence electrons. The van der Waals surface area contributed by atoms with Crippen LogP contribution in [-0.2, 0) is 4.79 Å². The summed E-state index contributed by atoms with van der Waals surface area (Å²) in [4.78, 5) is 14.6. The Balaban J connectivity index is 0.00000192. The molecule has 3 rings (SSSR count). The Labute approximate surface area is 145 Å². The van der Waals surface area contributed by atoms with Crippen LogP contribution in [-0.4, -0.2) is 36.5 Å². The monoisotopic (exact) mass is 337 g/mol. The van der Waals surface area contributed by atoms with Crippen molar-refractivity contribution in [3.05, 3.63) is 29.8 Å². The van der Waals surface area contributed by atoms with Gasteiger partial charge in [0.15, 0.2) is 0 Å². The molecule has 1 amide bonds. The van der Waals surface area contributed by atoms with E-state index in [1.807, 2.05) is 18.2 Å². The van der Waals surface area contributed by atoms with Gasteiger partial charge in [0.05, 0.1) is 6.54 Å². The molecule has 2 fully saturated rings. The fourth-order valence-corrected chi connectivity index (χ4v) is 4.04. The maximum absolute atomic E-state index is 12.4. The molecule has 4 nitrogen and oxygen atoms in total. The maximum atomic E-state index is 12.4. The first-order chi connectivity index (χ1) is 10.5. The van der Waals surface area contributed by atoms with Crippen LogP contribution in [0, 0.1) is 11.8 Å². The lowest BCUT2D eigenvalue weighted by atomic mass is 9.98. The maximum Gasteiger partial charge on any atom is 0.238 e. The van der Waals surface area contributed by atoms with E-state index in [4.69, 9.17) is 5.73 Å². The number of amides is 1. The van der Waals surface area contributed by atoms with Gasteiger partial charge in [-0.3, -0.25) is 9.69 Å². The summed E-state index contributed by atoms with van der Waals surface area (Å²) in [5, 5.41) is 3.08. The van der Waals surface area contributed by atoms with E-state index >= 15 is 0 Å². The molecule has 3 N–H and O–H groups in total. The summed E-state index contributed by atoms with van der Waals surface area (Å²) in [5.74, 6) is 1.78. The lowest BCUT2D eigenvalue weighted by molar-refractivity contribution is -0.117. The smallest absolute Gasteiger partial charge is 0.238 e. The highest BCUT2D eigenvalue weighted by atomic mass is 35.5. The predicted molar refractivity (Wildman–Crippen MR) is 97.0 cm³/mol. The highest BCUT2D eigenvalue weighted by Gasteiger charge is 2.41. The number of rotatable bonds is 4. The van der Waals surface area contributed by atoms with Crippen LogP contribution in [0.4, 0.5) is 5.69 Å². The summed E-state index contributed by atoms with van der Waals surface area (Å²) in [6.45, 7) is 6.77. The molecule has 1 aromatic carbocycles. The third-order valence-electron chi connectivity index (χ3n) is 5.21. The second-order valence-corrected chi connectivity index (χ2v) is 7.15. The minimum Gasteiger partial charge on any atom is -0.327 e. The summed E-state index contributed by atoms with van der Waals surface area (Å²) in [7, 11) is 0. The standard InChI is InChI=1S/C18H27N3O.ClH/c1-12(2)14-5-3-4-6-17(14)20-18(22)11-21-9-13-7-8-16(19)15(13)10-21;/h3-6,12-13,15-16H,7-11,19H2,1-2H3,(H,20,22);1H. The van der Waals surface area contributed by atoms with Crippen molar-refractivity contribution >= 4 is 24.0 Å². The number of anilines is 1. The third-order valence-corrected chi connectivity index (χ3v) is 5.21. The van der Waals surface area contributed by atoms with Crippen molar-refractivity contribution in [2.24, 2.45) is 17.6 Å². The molecular weight excluding hydrogens is 310 g/mol. The lowest BCUT2D eigenvalue weighted by Crippen LogP contribution is -2.34. The minimum atomic E-state index is 0. The largest absolute Gasteiger partial charge is 0.327 e. The van der Waals surface area contributed by atoms with E-state index < -0.39 is 0 Å². The van der Waals surface area contributed by atoms with Crippen molar-refractivity contribution in [3.63, 3.8) is 0 Å². The highest BCUT2D eigenvalue weighted by Crippen LogP contribution is 2.36. The normalized spacial score (nSPS) is 26.9. The number of nitrogens with one attached hydrogen (secondary N) is 1. The molecule has 1 saturated heterocycles. The summed E-state index contributed by atoms with van der Waals surface area (Å²) in [5.41, 5.74) is 8.30. The first kappa shape index (κ1) is 18.2. The zero-order chi connectivity index (χ0) is 15.7. The molecule has 1 aromatic rings. The number of nitrogens with zero attached hydrogens (tertiary/aromatic N) is 1. The Hall–Kier alpha value is -1.10. The summed E-state index contributed by atoms with van der Waals surface area (Å²) >= 11 is 0. The molecule has 0 radical (unpaired) electrons. The van der Waals surface area contributed by atoms with Crippen LogP contribution in [0.15, 0.2) is 24.3 Å². The first-order valence-corrected chi connectivity index (χ1v) is 8.41. The average molecular weight is 338 g/mol. The minimum absolute atomic E-state index is 0. The van der Waals surface area contributed by atoms with Crippen molar-refractivity contribution in [1.82, 2.24) is 4.90 Å². The predicted octanol–water partition coefficient (Wildman–Crippen LogP) is 2.84. The van der Waals surface area contributed by atoms with Gasteiger partial charge in [-0.25, -0.2) is 0 Å². The van der Waals surface area contributed by atoms with Crippen molar-refractivity contribution in [2.45, 2.75) is 38.6 Å². The zero-order valence-corrected chi connectivity index (χ0v) is 14.8. The number of para-hydroxylation sites is 1. The van der Waals surface area contributed by atoms with Gasteiger partial charge in [0, 0.05) is 24.8 Å². The summed E-state index contributed by atoms with van der Waals surface area (Å²) in [6.07, 6.45) is 2.37. The van der Waals surface area contributed by atoms with E-state index in [1.165, 1.54) is 12.0 Å². The molecule has 5 heteroatoms. The van der Waals surface area contributed by atoms with Crippen molar-refractivity contribution < 1.29 is 4.79 Å². The van der Waals surface area contributed by atoms with E-state index in [9.17, 15) is 4.79 Å². The first-order valence-electron chi connectivity index (χ1n) is 8.41. The number of carbonyl (C=O) groups is 1. The van der Waals surface area contributed by atoms with Crippen LogP contribution in [0.3, 0.4) is 0 Å². The fraction of sp³-hybridized carbons (Fsp3) is 0.611. The van der Waals surface area contributed by atoms with Gasteiger partial charge in [0.1, 0.15) is 0 Å². The number of nitrogens with two attached hydrogens (primary N) is 1. The van der Waals surface area contributed by atoms with Crippen LogP contribution in [0.5, 0.6) is 0 Å². The molecular formula is C18H28ClN3O. The van der Waals surface area contributed by atoms with Gasteiger partial charge in [-0.2, -0.15) is 0 Å². The summed E-state index contributed by atoms with van der Waals surface area (Å²) in [6, 6.07) is 8.40. The molecule has 1 aliphatic heterocycles. The second-order valence-electron chi connectivity index (χ2n) is 7.15. The molecule has 23 heavy (non-hydrogen) atoms. The second kappa shape index (κ2) is 7.65.